The number of amides is 2. The van der Waals surface area contributed by atoms with Crippen LogP contribution in [0, 0.1) is 0 Å². The number of hydrogen-bond donors (Lipinski definition) is 1. The number of halogens is 2. The summed E-state index contributed by atoms with van der Waals surface area (Å²) in [6.45, 7) is 2.45. The first-order valence-corrected chi connectivity index (χ1v) is 12.4. The molecule has 0 unspecified atom stereocenters. The fourth-order valence-electron chi connectivity index (χ4n) is 4.06. The number of para-hydroxylation sites is 1. The summed E-state index contributed by atoms with van der Waals surface area (Å²) in [7, 11) is 0. The van der Waals surface area contributed by atoms with Crippen molar-refractivity contribution >= 4 is 35.0 Å². The first kappa shape index (κ1) is 25.4. The van der Waals surface area contributed by atoms with Gasteiger partial charge in [0.25, 0.3) is 0 Å². The van der Waals surface area contributed by atoms with E-state index in [2.05, 4.69) is 5.32 Å². The van der Waals surface area contributed by atoms with E-state index in [1.165, 1.54) is 6.42 Å². The number of rotatable bonds is 10. The Balaban J connectivity index is 1.64. The zero-order valence-electron chi connectivity index (χ0n) is 19.1. The van der Waals surface area contributed by atoms with Gasteiger partial charge in [0.2, 0.25) is 11.8 Å². The Bertz CT molecular complexity index is 917. The third-order valence-electron chi connectivity index (χ3n) is 6.02. The molecule has 0 radical (unpaired) electrons. The number of ether oxygens (including phenoxy) is 1. The highest BCUT2D eigenvalue weighted by molar-refractivity contribution is 6.35. The Hall–Kier alpha value is -2.24. The van der Waals surface area contributed by atoms with Gasteiger partial charge in [-0.1, -0.05) is 66.7 Å². The van der Waals surface area contributed by atoms with Crippen molar-refractivity contribution in [2.75, 3.05) is 6.61 Å². The Morgan fingerprint density at radius 2 is 1.82 bits per heavy atom. The van der Waals surface area contributed by atoms with Gasteiger partial charge in [0.1, 0.15) is 11.8 Å². The molecule has 2 aromatic carbocycles. The summed E-state index contributed by atoms with van der Waals surface area (Å²) in [5.74, 6) is 0.542. The lowest BCUT2D eigenvalue weighted by atomic mass is 9.95. The molecule has 5 nitrogen and oxygen atoms in total. The van der Waals surface area contributed by atoms with Gasteiger partial charge in [-0.25, -0.2) is 0 Å². The average molecular weight is 491 g/mol. The van der Waals surface area contributed by atoms with Crippen molar-refractivity contribution in [3.05, 3.63) is 64.1 Å². The largest absolute Gasteiger partial charge is 0.494 e. The Morgan fingerprint density at radius 3 is 2.52 bits per heavy atom. The van der Waals surface area contributed by atoms with E-state index >= 15 is 0 Å². The predicted octanol–water partition coefficient (Wildman–Crippen LogP) is 6.02. The lowest BCUT2D eigenvalue weighted by molar-refractivity contribution is -0.141. The molecule has 2 amide bonds. The number of carbonyl (C=O) groups excluding carboxylic acids is 2. The molecular weight excluding hydrogens is 459 g/mol. The van der Waals surface area contributed by atoms with Crippen molar-refractivity contribution in [2.24, 2.45) is 0 Å². The molecule has 0 aliphatic heterocycles. The molecule has 1 aliphatic rings. The van der Waals surface area contributed by atoms with Crippen molar-refractivity contribution in [1.29, 1.82) is 0 Å². The average Bonchev–Trinajstić information content (AvgIpc) is 2.82. The van der Waals surface area contributed by atoms with Crippen LogP contribution >= 0.6 is 23.2 Å². The lowest BCUT2D eigenvalue weighted by Gasteiger charge is -2.31. The Labute approximate surface area is 206 Å². The second-order valence-electron chi connectivity index (χ2n) is 8.54. The molecular formula is C26H32Cl2N2O3. The monoisotopic (exact) mass is 490 g/mol. The molecule has 3 rings (SSSR count). The van der Waals surface area contributed by atoms with Gasteiger partial charge >= 0.3 is 0 Å². The highest BCUT2D eigenvalue weighted by atomic mass is 35.5. The summed E-state index contributed by atoms with van der Waals surface area (Å²) in [4.78, 5) is 27.8. The second-order valence-corrected chi connectivity index (χ2v) is 9.39. The zero-order chi connectivity index (χ0) is 23.6. The lowest BCUT2D eigenvalue weighted by Crippen LogP contribution is -2.50. The molecule has 1 fully saturated rings. The number of carbonyl (C=O) groups is 2. The maximum atomic E-state index is 13.2. The van der Waals surface area contributed by atoms with Crippen molar-refractivity contribution < 1.29 is 14.3 Å². The highest BCUT2D eigenvalue weighted by Gasteiger charge is 2.28. The van der Waals surface area contributed by atoms with Crippen LogP contribution < -0.4 is 10.1 Å². The maximum absolute atomic E-state index is 13.2. The van der Waals surface area contributed by atoms with E-state index in [9.17, 15) is 9.59 Å². The van der Waals surface area contributed by atoms with Gasteiger partial charge in [0.05, 0.1) is 6.61 Å². The van der Waals surface area contributed by atoms with Gasteiger partial charge < -0.3 is 15.0 Å². The summed E-state index contributed by atoms with van der Waals surface area (Å²) >= 11 is 12.4. The topological polar surface area (TPSA) is 58.6 Å². The number of benzene rings is 2. The number of nitrogens with one attached hydrogen (secondary N) is 1. The van der Waals surface area contributed by atoms with Crippen LogP contribution in [0.2, 0.25) is 10.0 Å². The van der Waals surface area contributed by atoms with Crippen LogP contribution in [-0.4, -0.2) is 35.4 Å². The molecule has 1 N–H and O–H groups in total. The van der Waals surface area contributed by atoms with Crippen LogP contribution in [-0.2, 0) is 16.1 Å². The summed E-state index contributed by atoms with van der Waals surface area (Å²) < 4.78 is 5.71. The van der Waals surface area contributed by atoms with Gasteiger partial charge in [-0.05, 0) is 56.0 Å². The molecule has 178 valence electrons. The SMILES string of the molecule is C[C@H](C(=O)NC1CCCCC1)N(Cc1ccc(Cl)cc1Cl)C(=O)CCCOc1ccccc1. The van der Waals surface area contributed by atoms with Crippen molar-refractivity contribution in [1.82, 2.24) is 10.2 Å². The van der Waals surface area contributed by atoms with Crippen LogP contribution in [0.25, 0.3) is 0 Å². The van der Waals surface area contributed by atoms with Gasteiger partial charge in [0.15, 0.2) is 0 Å². The first-order valence-electron chi connectivity index (χ1n) is 11.7. The van der Waals surface area contributed by atoms with Crippen LogP contribution in [0.5, 0.6) is 5.75 Å². The third kappa shape index (κ3) is 7.94. The summed E-state index contributed by atoms with van der Waals surface area (Å²) in [5, 5.41) is 4.15. The van der Waals surface area contributed by atoms with Crippen LogP contribution in [0.4, 0.5) is 0 Å². The molecule has 1 aliphatic carbocycles. The predicted molar refractivity (Wildman–Crippen MR) is 133 cm³/mol. The van der Waals surface area contributed by atoms with Crippen molar-refractivity contribution in [2.45, 2.75) is 70.5 Å². The number of nitrogens with zero attached hydrogens (tertiary/aromatic N) is 1. The highest BCUT2D eigenvalue weighted by Crippen LogP contribution is 2.24. The Kier molecular flexibility index (Phi) is 9.89. The molecule has 33 heavy (non-hydrogen) atoms. The van der Waals surface area contributed by atoms with Crippen molar-refractivity contribution in [3.63, 3.8) is 0 Å². The molecule has 0 aromatic heterocycles. The minimum atomic E-state index is -0.610. The van der Waals surface area contributed by atoms with Crippen LogP contribution in [0.3, 0.4) is 0 Å². The first-order chi connectivity index (χ1) is 15.9. The van der Waals surface area contributed by atoms with E-state index in [1.54, 1.807) is 30.0 Å². The molecule has 7 heteroatoms. The van der Waals surface area contributed by atoms with E-state index in [-0.39, 0.29) is 30.8 Å². The quantitative estimate of drug-likeness (QED) is 0.414. The minimum absolute atomic E-state index is 0.107. The number of hydrogen-bond acceptors (Lipinski definition) is 3. The summed E-state index contributed by atoms with van der Waals surface area (Å²) in [5.41, 5.74) is 0.757. The fraction of sp³-hybridized carbons (Fsp3) is 0.462. The third-order valence-corrected chi connectivity index (χ3v) is 6.61. The van der Waals surface area contributed by atoms with Gasteiger partial charge in [-0.2, -0.15) is 0 Å². The smallest absolute Gasteiger partial charge is 0.242 e. The van der Waals surface area contributed by atoms with Gasteiger partial charge in [0, 0.05) is 29.1 Å². The van der Waals surface area contributed by atoms with Crippen LogP contribution in [0.1, 0.15) is 57.4 Å². The van der Waals surface area contributed by atoms with Crippen LogP contribution in [0.15, 0.2) is 48.5 Å². The minimum Gasteiger partial charge on any atom is -0.494 e. The van der Waals surface area contributed by atoms with E-state index in [0.717, 1.165) is 37.0 Å². The molecule has 1 atom stereocenters. The van der Waals surface area contributed by atoms with E-state index in [0.29, 0.717) is 23.1 Å². The summed E-state index contributed by atoms with van der Waals surface area (Å²) in [6.07, 6.45) is 6.29. The maximum Gasteiger partial charge on any atom is 0.242 e. The van der Waals surface area contributed by atoms with E-state index in [4.69, 9.17) is 27.9 Å². The fourth-order valence-corrected chi connectivity index (χ4v) is 4.53. The molecule has 1 saturated carbocycles. The molecule has 0 spiro atoms. The normalized spacial score (nSPS) is 15.0. The summed E-state index contributed by atoms with van der Waals surface area (Å²) in [6, 6.07) is 14.3. The Morgan fingerprint density at radius 1 is 1.09 bits per heavy atom. The van der Waals surface area contributed by atoms with Crippen molar-refractivity contribution in [3.8, 4) is 5.75 Å². The second kappa shape index (κ2) is 12.9. The molecule has 0 bridgehead atoms. The zero-order valence-corrected chi connectivity index (χ0v) is 20.6. The van der Waals surface area contributed by atoms with E-state index in [1.807, 2.05) is 30.3 Å². The molecule has 0 saturated heterocycles. The van der Waals surface area contributed by atoms with E-state index < -0.39 is 6.04 Å². The molecule has 0 heterocycles. The van der Waals surface area contributed by atoms with Gasteiger partial charge in [-0.3, -0.25) is 9.59 Å². The molecule has 2 aromatic rings. The van der Waals surface area contributed by atoms with Gasteiger partial charge in [-0.15, -0.1) is 0 Å². The standard InChI is InChI=1S/C26H32Cl2N2O3/c1-19(26(32)29-22-9-4-2-5-10-22)30(18-20-14-15-21(27)17-24(20)28)25(31)13-8-16-33-23-11-6-3-7-12-23/h3,6-7,11-12,14-15,17,19,22H,2,4-5,8-10,13,16,18H2,1H3,(H,29,32)/t19-/m1/s1.